The minimum Gasteiger partial charge on any atom is -0.483 e. The first-order valence-corrected chi connectivity index (χ1v) is 11.6. The van der Waals surface area contributed by atoms with Gasteiger partial charge in [-0.3, -0.25) is 4.79 Å². The molecule has 1 amide bonds. The van der Waals surface area contributed by atoms with Crippen LogP contribution in [0.25, 0.3) is 0 Å². The molecule has 6 nitrogen and oxygen atoms in total. The zero-order valence-corrected chi connectivity index (χ0v) is 20.0. The van der Waals surface area contributed by atoms with Gasteiger partial charge in [0.25, 0.3) is 0 Å². The maximum absolute atomic E-state index is 12.4. The second-order valence-electron chi connectivity index (χ2n) is 6.62. The Balaban J connectivity index is 1.64. The Morgan fingerprint density at radius 2 is 2.10 bits per heavy atom. The topological polar surface area (TPSA) is 69.0 Å². The second kappa shape index (κ2) is 10.3. The summed E-state index contributed by atoms with van der Waals surface area (Å²) in [5, 5.41) is 12.5. The maximum atomic E-state index is 12.4. The van der Waals surface area contributed by atoms with E-state index in [0.29, 0.717) is 22.4 Å². The van der Waals surface area contributed by atoms with Crippen molar-refractivity contribution in [2.24, 2.45) is 0 Å². The van der Waals surface area contributed by atoms with Crippen LogP contribution in [-0.2, 0) is 11.3 Å². The Kier molecular flexibility index (Phi) is 7.80. The molecule has 3 rings (SSSR count). The van der Waals surface area contributed by atoms with Crippen LogP contribution in [0.3, 0.4) is 0 Å². The predicted octanol–water partition coefficient (Wildman–Crippen LogP) is 5.89. The summed E-state index contributed by atoms with van der Waals surface area (Å²) in [6.07, 6.45) is -0.274. The van der Waals surface area contributed by atoms with Crippen LogP contribution in [0.1, 0.15) is 31.3 Å². The summed E-state index contributed by atoms with van der Waals surface area (Å²) in [6.45, 7) is 6.65. The van der Waals surface area contributed by atoms with Crippen LogP contribution < -0.4 is 10.1 Å². The summed E-state index contributed by atoms with van der Waals surface area (Å²) < 4.78 is 8.85. The third kappa shape index (κ3) is 5.77. The van der Waals surface area contributed by atoms with Crippen molar-refractivity contribution in [2.75, 3.05) is 11.1 Å². The first kappa shape index (κ1) is 22.7. The van der Waals surface area contributed by atoms with E-state index in [1.165, 1.54) is 11.8 Å². The Bertz CT molecular complexity index is 1040. The number of thioether (sulfide) groups is 1. The summed E-state index contributed by atoms with van der Waals surface area (Å²) in [5.74, 6) is 1.53. The molecule has 0 spiro atoms. The number of carbonyl (C=O) groups is 1. The van der Waals surface area contributed by atoms with E-state index in [9.17, 15) is 4.79 Å². The standard InChI is InChI=1S/C21H22BrClN4O2S/c1-4-27-20(14(3)29-16-7-5-6-13(2)10-16)25-26-21(27)30-12-19(28)24-18-9-8-15(22)11-17(18)23/h5-11,14H,4,12H2,1-3H3,(H,24,28). The number of nitrogens with zero attached hydrogens (tertiary/aromatic N) is 3. The van der Waals surface area contributed by atoms with E-state index in [-0.39, 0.29) is 17.8 Å². The van der Waals surface area contributed by atoms with Crippen LogP contribution in [0.15, 0.2) is 52.1 Å². The highest BCUT2D eigenvalue weighted by Crippen LogP contribution is 2.27. The van der Waals surface area contributed by atoms with Crippen molar-refractivity contribution in [3.8, 4) is 5.75 Å². The van der Waals surface area contributed by atoms with E-state index in [2.05, 4.69) is 31.4 Å². The zero-order valence-electron chi connectivity index (χ0n) is 16.9. The second-order valence-corrected chi connectivity index (χ2v) is 8.89. The maximum Gasteiger partial charge on any atom is 0.234 e. The number of hydrogen-bond donors (Lipinski definition) is 1. The molecule has 1 atom stereocenters. The van der Waals surface area contributed by atoms with Gasteiger partial charge >= 0.3 is 0 Å². The summed E-state index contributed by atoms with van der Waals surface area (Å²) in [6, 6.07) is 13.2. The lowest BCUT2D eigenvalue weighted by atomic mass is 10.2. The lowest BCUT2D eigenvalue weighted by Crippen LogP contribution is -2.15. The van der Waals surface area contributed by atoms with Crippen molar-refractivity contribution >= 4 is 50.9 Å². The van der Waals surface area contributed by atoms with Crippen molar-refractivity contribution in [3.63, 3.8) is 0 Å². The zero-order chi connectivity index (χ0) is 21.7. The molecule has 1 heterocycles. The fourth-order valence-corrected chi connectivity index (χ4v) is 4.39. The largest absolute Gasteiger partial charge is 0.483 e. The molecule has 1 unspecified atom stereocenters. The van der Waals surface area contributed by atoms with Crippen molar-refractivity contribution in [1.29, 1.82) is 0 Å². The number of anilines is 1. The monoisotopic (exact) mass is 508 g/mol. The van der Waals surface area contributed by atoms with E-state index in [0.717, 1.165) is 21.6 Å². The minimum absolute atomic E-state index is 0.166. The molecule has 2 aromatic carbocycles. The average molecular weight is 510 g/mol. The molecule has 3 aromatic rings. The first-order chi connectivity index (χ1) is 14.4. The molecule has 30 heavy (non-hydrogen) atoms. The molecule has 158 valence electrons. The predicted molar refractivity (Wildman–Crippen MR) is 124 cm³/mol. The molecule has 0 radical (unpaired) electrons. The molecule has 0 aliphatic carbocycles. The van der Waals surface area contributed by atoms with Gasteiger partial charge in [0.1, 0.15) is 5.75 Å². The van der Waals surface area contributed by atoms with Crippen LogP contribution in [0, 0.1) is 6.92 Å². The van der Waals surface area contributed by atoms with Crippen LogP contribution in [0.5, 0.6) is 5.75 Å². The van der Waals surface area contributed by atoms with E-state index in [1.807, 2.05) is 55.7 Å². The van der Waals surface area contributed by atoms with E-state index >= 15 is 0 Å². The highest BCUT2D eigenvalue weighted by molar-refractivity contribution is 9.10. The number of benzene rings is 2. The van der Waals surface area contributed by atoms with Crippen molar-refractivity contribution in [3.05, 3.63) is 63.3 Å². The van der Waals surface area contributed by atoms with Crippen molar-refractivity contribution < 1.29 is 9.53 Å². The number of rotatable bonds is 8. The van der Waals surface area contributed by atoms with Gasteiger partial charge in [-0.05, 0) is 56.7 Å². The number of halogens is 2. The number of ether oxygens (including phenoxy) is 1. The quantitative estimate of drug-likeness (QED) is 0.383. The highest BCUT2D eigenvalue weighted by Gasteiger charge is 2.19. The smallest absolute Gasteiger partial charge is 0.234 e. The van der Waals surface area contributed by atoms with Crippen molar-refractivity contribution in [2.45, 2.75) is 38.6 Å². The van der Waals surface area contributed by atoms with Gasteiger partial charge in [0.2, 0.25) is 5.91 Å². The Morgan fingerprint density at radius 3 is 2.80 bits per heavy atom. The fraction of sp³-hybridized carbons (Fsp3) is 0.286. The number of nitrogens with one attached hydrogen (secondary N) is 1. The molecule has 0 bridgehead atoms. The molecule has 0 aliphatic heterocycles. The number of aryl methyl sites for hydroxylation is 1. The molecule has 9 heteroatoms. The molecular weight excluding hydrogens is 488 g/mol. The minimum atomic E-state index is -0.274. The van der Waals surface area contributed by atoms with E-state index in [1.54, 1.807) is 12.1 Å². The summed E-state index contributed by atoms with van der Waals surface area (Å²) >= 11 is 10.8. The number of carbonyl (C=O) groups excluding carboxylic acids is 1. The van der Waals surface area contributed by atoms with Crippen LogP contribution in [0.2, 0.25) is 5.02 Å². The summed E-state index contributed by atoms with van der Waals surface area (Å²) in [5.41, 5.74) is 1.70. The van der Waals surface area contributed by atoms with Crippen LogP contribution >= 0.6 is 39.3 Å². The number of hydrogen-bond acceptors (Lipinski definition) is 5. The summed E-state index contributed by atoms with van der Waals surface area (Å²) in [7, 11) is 0. The van der Waals surface area contributed by atoms with E-state index < -0.39 is 0 Å². The number of aromatic nitrogens is 3. The third-order valence-electron chi connectivity index (χ3n) is 4.27. The average Bonchev–Trinajstić information content (AvgIpc) is 3.11. The first-order valence-electron chi connectivity index (χ1n) is 9.41. The third-order valence-corrected chi connectivity index (χ3v) is 6.04. The van der Waals surface area contributed by atoms with Crippen LogP contribution in [0.4, 0.5) is 5.69 Å². The molecule has 1 aromatic heterocycles. The van der Waals surface area contributed by atoms with Gasteiger partial charge in [0, 0.05) is 11.0 Å². The molecule has 0 aliphatic rings. The SMILES string of the molecule is CCn1c(SCC(=O)Nc2ccc(Br)cc2Cl)nnc1C(C)Oc1cccc(C)c1. The van der Waals surface area contributed by atoms with Gasteiger partial charge in [-0.15, -0.1) is 10.2 Å². The molecular formula is C21H22BrClN4O2S. The van der Waals surface area contributed by atoms with Gasteiger partial charge in [0.15, 0.2) is 17.1 Å². The van der Waals surface area contributed by atoms with Gasteiger partial charge in [-0.25, -0.2) is 0 Å². The lowest BCUT2D eigenvalue weighted by molar-refractivity contribution is -0.113. The molecule has 1 N–H and O–H groups in total. The Labute approximate surface area is 193 Å². The van der Waals surface area contributed by atoms with Crippen LogP contribution in [-0.4, -0.2) is 26.4 Å². The van der Waals surface area contributed by atoms with E-state index in [4.69, 9.17) is 16.3 Å². The molecule has 0 saturated carbocycles. The van der Waals surface area contributed by atoms with Crippen molar-refractivity contribution in [1.82, 2.24) is 14.8 Å². The fourth-order valence-electron chi connectivity index (χ4n) is 2.86. The Hall–Kier alpha value is -2.03. The molecule has 0 saturated heterocycles. The van der Waals surface area contributed by atoms with Gasteiger partial charge in [-0.2, -0.15) is 0 Å². The Morgan fingerprint density at radius 1 is 1.30 bits per heavy atom. The summed E-state index contributed by atoms with van der Waals surface area (Å²) in [4.78, 5) is 12.4. The molecule has 0 fully saturated rings. The van der Waals surface area contributed by atoms with Gasteiger partial charge in [-0.1, -0.05) is 51.4 Å². The lowest BCUT2D eigenvalue weighted by Gasteiger charge is -2.16. The van der Waals surface area contributed by atoms with Gasteiger partial charge in [0.05, 0.1) is 16.5 Å². The highest BCUT2D eigenvalue weighted by atomic mass is 79.9. The number of amides is 1. The van der Waals surface area contributed by atoms with Gasteiger partial charge < -0.3 is 14.6 Å². The normalized spacial score (nSPS) is 11.9.